The Hall–Kier alpha value is -0.0416. The Morgan fingerprint density at radius 1 is 0.885 bits per heavy atom. The molecule has 0 atom stereocenters. The molecule has 1 fully saturated rings. The molecule has 2 heterocycles. The molecular formula is C12H26Cu3N2O9. The van der Waals surface area contributed by atoms with Crippen molar-refractivity contribution in [3.8, 4) is 0 Å². The second-order valence-corrected chi connectivity index (χ2v) is 4.76. The molecule has 14 heteroatoms. The molecule has 0 amide bonds. The third kappa shape index (κ3) is 16.2. The first-order valence-electron chi connectivity index (χ1n) is 6.43. The topological polar surface area (TPSA) is 216 Å². The molecule has 0 spiro atoms. The molecule has 2 aliphatic heterocycles. The number of carbonyl (C=O) groups is 2. The molecule has 171 valence electrons. The van der Waals surface area contributed by atoms with E-state index < -0.39 is 11.9 Å². The first-order valence-corrected chi connectivity index (χ1v) is 6.43. The van der Waals surface area contributed by atoms with Crippen molar-refractivity contribution in [1.29, 1.82) is 0 Å². The summed E-state index contributed by atoms with van der Waals surface area (Å²) in [4.78, 5) is 20.7. The molecule has 0 aromatic rings. The van der Waals surface area contributed by atoms with E-state index in [0.29, 0.717) is 51.0 Å². The van der Waals surface area contributed by atoms with Crippen LogP contribution in [0.4, 0.5) is 0 Å². The second kappa shape index (κ2) is 21.3. The number of nitrogens with zero attached hydrogens (tertiary/aromatic N) is 2. The first kappa shape index (κ1) is 40.6. The maximum atomic E-state index is 10.4. The molecule has 0 aromatic heterocycles. The van der Waals surface area contributed by atoms with Crippen LogP contribution in [0.25, 0.3) is 0 Å². The van der Waals surface area contributed by atoms with Gasteiger partial charge in [0.15, 0.2) is 0 Å². The summed E-state index contributed by atoms with van der Waals surface area (Å²) in [5, 5.41) is 36.9. The number of carboxylic acids is 2. The maximum Gasteiger partial charge on any atom is 0.331 e. The summed E-state index contributed by atoms with van der Waals surface area (Å²) in [6.45, 7) is 1.70. The van der Waals surface area contributed by atoms with Crippen molar-refractivity contribution in [1.82, 2.24) is 10.1 Å². The van der Waals surface area contributed by atoms with Crippen LogP contribution in [0.3, 0.4) is 0 Å². The first-order chi connectivity index (χ1) is 9.40. The molecule has 11 nitrogen and oxygen atoms in total. The van der Waals surface area contributed by atoms with Crippen LogP contribution in [0.1, 0.15) is 19.3 Å². The van der Waals surface area contributed by atoms with Gasteiger partial charge >= 0.3 is 11.9 Å². The second-order valence-electron chi connectivity index (χ2n) is 4.76. The van der Waals surface area contributed by atoms with Crippen molar-refractivity contribution in [3.63, 3.8) is 0 Å². The monoisotopic (exact) mass is 531 g/mol. The zero-order valence-corrected chi connectivity index (χ0v) is 16.3. The van der Waals surface area contributed by atoms with Gasteiger partial charge in [-0.1, -0.05) is 6.08 Å². The van der Waals surface area contributed by atoms with Gasteiger partial charge in [-0.25, -0.2) is 4.79 Å². The fraction of sp³-hybridized carbons (Fsp3) is 0.667. The predicted octanol–water partition coefficient (Wildman–Crippen LogP) is -2.22. The van der Waals surface area contributed by atoms with Crippen LogP contribution in [0.5, 0.6) is 0 Å². The Bertz CT molecular complexity index is 394. The van der Waals surface area contributed by atoms with Crippen LogP contribution in [-0.2, 0) is 60.8 Å². The van der Waals surface area contributed by atoms with Gasteiger partial charge in [0.05, 0.1) is 5.92 Å². The molecule has 1 saturated heterocycles. The Morgan fingerprint density at radius 3 is 1.65 bits per heavy atom. The number of hydroxylamine groups is 4. The van der Waals surface area contributed by atoms with E-state index in [9.17, 15) is 9.59 Å². The minimum atomic E-state index is -0.881. The summed E-state index contributed by atoms with van der Waals surface area (Å²) >= 11 is 0. The Morgan fingerprint density at radius 2 is 1.35 bits per heavy atom. The Kier molecular flexibility index (Phi) is 33.2. The molecule has 2 aliphatic rings. The van der Waals surface area contributed by atoms with Gasteiger partial charge in [-0.3, -0.25) is 4.79 Å². The van der Waals surface area contributed by atoms with E-state index in [1.54, 1.807) is 0 Å². The molecule has 3 radical (unpaired) electrons. The number of hydrogen-bond acceptors (Lipinski definition) is 6. The van der Waals surface area contributed by atoms with Crippen molar-refractivity contribution in [2.24, 2.45) is 5.92 Å². The van der Waals surface area contributed by atoms with Crippen LogP contribution < -0.4 is 0 Å². The molecule has 0 bridgehead atoms. The summed E-state index contributed by atoms with van der Waals surface area (Å²) < 4.78 is 0. The van der Waals surface area contributed by atoms with E-state index in [0.717, 1.165) is 5.06 Å². The zero-order valence-electron chi connectivity index (χ0n) is 13.5. The van der Waals surface area contributed by atoms with Crippen LogP contribution in [0.2, 0.25) is 0 Å². The third-order valence-electron chi connectivity index (χ3n) is 3.28. The predicted molar refractivity (Wildman–Crippen MR) is 78.3 cm³/mol. The normalized spacial score (nSPS) is 16.6. The van der Waals surface area contributed by atoms with Gasteiger partial charge in [-0.05, 0) is 19.3 Å². The summed E-state index contributed by atoms with van der Waals surface area (Å²) in [5.41, 5.74) is 0.394. The molecule has 0 aliphatic carbocycles. The summed E-state index contributed by atoms with van der Waals surface area (Å²) in [7, 11) is 0. The Balaban J connectivity index is -0.0000000625. The number of carboxylic acid groups (broad SMARTS) is 2. The van der Waals surface area contributed by atoms with Crippen molar-refractivity contribution in [2.45, 2.75) is 19.3 Å². The van der Waals surface area contributed by atoms with Crippen molar-refractivity contribution < 1.29 is 97.9 Å². The van der Waals surface area contributed by atoms with Crippen molar-refractivity contribution >= 4 is 11.9 Å². The van der Waals surface area contributed by atoms with Crippen LogP contribution >= 0.6 is 0 Å². The molecule has 10 N–H and O–H groups in total. The smallest absolute Gasteiger partial charge is 0.331 e. The largest absolute Gasteiger partial charge is 0.481 e. The summed E-state index contributed by atoms with van der Waals surface area (Å²) in [6.07, 6.45) is 3.06. The van der Waals surface area contributed by atoms with Crippen molar-refractivity contribution in [3.05, 3.63) is 11.6 Å². The van der Waals surface area contributed by atoms with Crippen LogP contribution in [0.15, 0.2) is 11.6 Å². The minimum absolute atomic E-state index is 0. The SMILES string of the molecule is O.O.O.O=C(O)C1=CCN(O)CC1.O=C(O)C1CCN(O)CC1.[Cu].[Cu].[Cu]. The average Bonchev–Trinajstić information content (AvgIpc) is 2.40. The van der Waals surface area contributed by atoms with Gasteiger partial charge in [0.1, 0.15) is 0 Å². The van der Waals surface area contributed by atoms with Gasteiger partial charge in [0.2, 0.25) is 0 Å². The summed E-state index contributed by atoms with van der Waals surface area (Å²) in [6, 6.07) is 0. The third-order valence-corrected chi connectivity index (χ3v) is 3.28. The average molecular weight is 533 g/mol. The summed E-state index contributed by atoms with van der Waals surface area (Å²) in [5.74, 6) is -1.87. The van der Waals surface area contributed by atoms with Crippen molar-refractivity contribution in [2.75, 3.05) is 26.2 Å². The number of piperidine rings is 1. The molecule has 2 rings (SSSR count). The molecule has 0 aromatic carbocycles. The van der Waals surface area contributed by atoms with Crippen LogP contribution in [0, 0.1) is 5.92 Å². The Labute approximate surface area is 182 Å². The fourth-order valence-corrected chi connectivity index (χ4v) is 1.97. The van der Waals surface area contributed by atoms with E-state index in [4.69, 9.17) is 20.6 Å². The molecule has 0 unspecified atom stereocenters. The van der Waals surface area contributed by atoms with Gasteiger partial charge in [0.25, 0.3) is 0 Å². The number of hydrogen-bond donors (Lipinski definition) is 4. The van der Waals surface area contributed by atoms with Gasteiger partial charge in [-0.2, -0.15) is 10.1 Å². The molecular weight excluding hydrogens is 507 g/mol. The minimum Gasteiger partial charge on any atom is -0.481 e. The fourth-order valence-electron chi connectivity index (χ4n) is 1.97. The van der Waals surface area contributed by atoms with Gasteiger partial charge < -0.3 is 37.1 Å². The van der Waals surface area contributed by atoms with E-state index in [1.165, 1.54) is 11.1 Å². The zero-order chi connectivity index (χ0) is 15.1. The standard InChI is InChI=1S/C6H11NO3.C6H9NO3.3Cu.3H2O/c2*8-6(9)5-1-3-7(10)4-2-5;;;;;;/h5,10H,1-4H2,(H,8,9);1,10H,2-4H2,(H,8,9);;;;3*1H2. The number of aliphatic carboxylic acids is 2. The molecule has 26 heavy (non-hydrogen) atoms. The van der Waals surface area contributed by atoms with Crippen LogP contribution in [-0.4, -0.2) is 85.3 Å². The molecule has 0 saturated carbocycles. The van der Waals surface area contributed by atoms with E-state index in [2.05, 4.69) is 0 Å². The van der Waals surface area contributed by atoms with E-state index >= 15 is 0 Å². The maximum absolute atomic E-state index is 10.4. The van der Waals surface area contributed by atoms with Gasteiger partial charge in [0, 0.05) is 83.0 Å². The van der Waals surface area contributed by atoms with Gasteiger partial charge in [-0.15, -0.1) is 0 Å². The number of rotatable bonds is 2. The van der Waals surface area contributed by atoms with E-state index in [1.807, 2.05) is 0 Å². The van der Waals surface area contributed by atoms with E-state index in [-0.39, 0.29) is 73.6 Å². The quantitative estimate of drug-likeness (QED) is 0.285.